The molecule has 0 aliphatic carbocycles. The molecule has 0 saturated carbocycles. The van der Waals surface area contributed by atoms with Crippen molar-refractivity contribution in [2.75, 3.05) is 0 Å². The maximum absolute atomic E-state index is 6.10. The van der Waals surface area contributed by atoms with Crippen LogP contribution in [0, 0.1) is 0 Å². The summed E-state index contributed by atoms with van der Waals surface area (Å²) in [6.45, 7) is 4.29. The molecule has 1 heterocycles. The Kier molecular flexibility index (Phi) is 5.76. The van der Waals surface area contributed by atoms with E-state index in [4.69, 9.17) is 34.8 Å². The van der Waals surface area contributed by atoms with Gasteiger partial charge in [-0.1, -0.05) is 47.8 Å². The van der Waals surface area contributed by atoms with E-state index < -0.39 is 0 Å². The fourth-order valence-corrected chi connectivity index (χ4v) is 3.50. The van der Waals surface area contributed by atoms with Crippen molar-refractivity contribution in [2.45, 2.75) is 32.4 Å². The zero-order chi connectivity index (χ0) is 14.7. The largest absolute Gasteiger partial charge is 0.303 e. The van der Waals surface area contributed by atoms with E-state index in [-0.39, 0.29) is 12.1 Å². The predicted octanol–water partition coefficient (Wildman–Crippen LogP) is 6.51. The number of nitrogens with one attached hydrogen (secondary N) is 1. The minimum Gasteiger partial charge on any atom is -0.303 e. The van der Waals surface area contributed by atoms with Gasteiger partial charge in [0.1, 0.15) is 0 Å². The molecular formula is C15H16Cl3NS. The summed E-state index contributed by atoms with van der Waals surface area (Å²) >= 11 is 19.7. The average molecular weight is 349 g/mol. The molecule has 5 heteroatoms. The molecule has 2 unspecified atom stereocenters. The molecule has 2 atom stereocenters. The molecule has 0 aliphatic rings. The summed E-state index contributed by atoms with van der Waals surface area (Å²) in [6.07, 6.45) is 0.974. The highest BCUT2D eigenvalue weighted by atomic mass is 35.5. The minimum atomic E-state index is 0.237. The second-order valence-electron chi connectivity index (χ2n) is 4.66. The quantitative estimate of drug-likeness (QED) is 0.649. The van der Waals surface area contributed by atoms with Gasteiger partial charge in [0.15, 0.2) is 0 Å². The Morgan fingerprint density at radius 1 is 1.10 bits per heavy atom. The summed E-state index contributed by atoms with van der Waals surface area (Å²) in [4.78, 5) is 1.23. The number of hydrogen-bond donors (Lipinski definition) is 1. The average Bonchev–Trinajstić information content (AvgIpc) is 2.86. The van der Waals surface area contributed by atoms with Gasteiger partial charge in [-0.05, 0) is 43.2 Å². The molecule has 0 spiro atoms. The van der Waals surface area contributed by atoms with Crippen LogP contribution in [0.15, 0.2) is 30.3 Å². The number of hydrogen-bond acceptors (Lipinski definition) is 2. The highest BCUT2D eigenvalue weighted by Gasteiger charge is 2.16. The topological polar surface area (TPSA) is 12.0 Å². The Balaban J connectivity index is 2.14. The summed E-state index contributed by atoms with van der Waals surface area (Å²) in [6, 6.07) is 10.3. The van der Waals surface area contributed by atoms with E-state index in [1.165, 1.54) is 4.88 Å². The van der Waals surface area contributed by atoms with Crippen LogP contribution in [0.4, 0.5) is 0 Å². The van der Waals surface area contributed by atoms with Crippen molar-refractivity contribution in [3.8, 4) is 0 Å². The molecule has 0 fully saturated rings. The Morgan fingerprint density at radius 3 is 2.40 bits per heavy atom. The lowest BCUT2D eigenvalue weighted by molar-refractivity contribution is 0.460. The fourth-order valence-electron chi connectivity index (χ4n) is 2.12. The fraction of sp³-hybridized carbons (Fsp3) is 0.333. The molecular weight excluding hydrogens is 333 g/mol. The maximum Gasteiger partial charge on any atom is 0.0931 e. The second kappa shape index (κ2) is 7.15. The second-order valence-corrected chi connectivity index (χ2v) is 7.23. The smallest absolute Gasteiger partial charge is 0.0931 e. The van der Waals surface area contributed by atoms with Crippen LogP contribution >= 0.6 is 46.1 Å². The van der Waals surface area contributed by atoms with Gasteiger partial charge in [-0.3, -0.25) is 0 Å². The normalized spacial score (nSPS) is 14.2. The van der Waals surface area contributed by atoms with Gasteiger partial charge in [-0.15, -0.1) is 11.3 Å². The van der Waals surface area contributed by atoms with E-state index in [2.05, 4.69) is 25.2 Å². The van der Waals surface area contributed by atoms with E-state index in [1.807, 2.05) is 24.3 Å². The third-order valence-corrected chi connectivity index (χ3v) is 5.38. The lowest BCUT2D eigenvalue weighted by Gasteiger charge is -2.22. The van der Waals surface area contributed by atoms with Crippen LogP contribution in [-0.4, -0.2) is 0 Å². The number of thiophene rings is 1. The van der Waals surface area contributed by atoms with Crippen molar-refractivity contribution in [3.63, 3.8) is 0 Å². The van der Waals surface area contributed by atoms with Crippen molar-refractivity contribution < 1.29 is 0 Å². The van der Waals surface area contributed by atoms with Gasteiger partial charge < -0.3 is 5.32 Å². The van der Waals surface area contributed by atoms with E-state index in [0.29, 0.717) is 10.0 Å². The van der Waals surface area contributed by atoms with Crippen LogP contribution in [0.1, 0.15) is 42.8 Å². The third-order valence-electron chi connectivity index (χ3n) is 3.23. The van der Waals surface area contributed by atoms with Crippen molar-refractivity contribution in [1.29, 1.82) is 0 Å². The predicted molar refractivity (Wildman–Crippen MR) is 90.4 cm³/mol. The Morgan fingerprint density at radius 2 is 1.85 bits per heavy atom. The highest BCUT2D eigenvalue weighted by Crippen LogP contribution is 2.31. The zero-order valence-electron chi connectivity index (χ0n) is 11.3. The first-order valence-electron chi connectivity index (χ1n) is 6.47. The lowest BCUT2D eigenvalue weighted by atomic mass is 10.0. The number of rotatable bonds is 5. The molecule has 1 aromatic carbocycles. The van der Waals surface area contributed by atoms with E-state index in [9.17, 15) is 0 Å². The first kappa shape index (κ1) is 16.1. The molecule has 1 N–H and O–H groups in total. The minimum absolute atomic E-state index is 0.237. The molecule has 108 valence electrons. The van der Waals surface area contributed by atoms with Crippen molar-refractivity contribution in [1.82, 2.24) is 5.32 Å². The van der Waals surface area contributed by atoms with Crippen molar-refractivity contribution in [2.24, 2.45) is 0 Å². The molecule has 0 saturated heterocycles. The van der Waals surface area contributed by atoms with Crippen LogP contribution in [0.25, 0.3) is 0 Å². The van der Waals surface area contributed by atoms with E-state index in [0.717, 1.165) is 16.3 Å². The maximum atomic E-state index is 6.10. The Hall–Kier alpha value is -0.250. The van der Waals surface area contributed by atoms with Crippen molar-refractivity contribution in [3.05, 3.63) is 55.2 Å². The van der Waals surface area contributed by atoms with Gasteiger partial charge >= 0.3 is 0 Å². The standard InChI is InChI=1S/C15H16Cl3NS/c1-3-13(10-4-5-11(16)12(17)8-10)19-9(2)14-6-7-15(18)20-14/h4-9,13,19H,3H2,1-2H3. The molecule has 1 aromatic heterocycles. The molecule has 0 bridgehead atoms. The molecule has 0 aliphatic heterocycles. The van der Waals surface area contributed by atoms with Gasteiger partial charge in [0.25, 0.3) is 0 Å². The monoisotopic (exact) mass is 347 g/mol. The molecule has 0 amide bonds. The third kappa shape index (κ3) is 3.90. The van der Waals surface area contributed by atoms with Gasteiger partial charge in [-0.25, -0.2) is 0 Å². The molecule has 2 rings (SSSR count). The van der Waals surface area contributed by atoms with Gasteiger partial charge in [-0.2, -0.15) is 0 Å². The van der Waals surface area contributed by atoms with E-state index in [1.54, 1.807) is 11.3 Å². The highest BCUT2D eigenvalue weighted by molar-refractivity contribution is 7.16. The zero-order valence-corrected chi connectivity index (χ0v) is 14.4. The summed E-state index contributed by atoms with van der Waals surface area (Å²) in [5.41, 5.74) is 1.15. The Labute approximate surface area is 138 Å². The van der Waals surface area contributed by atoms with Crippen LogP contribution in [0.2, 0.25) is 14.4 Å². The Bertz CT molecular complexity index is 582. The summed E-state index contributed by atoms with van der Waals surface area (Å²) in [7, 11) is 0. The van der Waals surface area contributed by atoms with Crippen LogP contribution in [-0.2, 0) is 0 Å². The first-order chi connectivity index (χ1) is 9.51. The molecule has 1 nitrogen and oxygen atoms in total. The van der Waals surface area contributed by atoms with Gasteiger partial charge in [0.2, 0.25) is 0 Å². The first-order valence-corrected chi connectivity index (χ1v) is 8.42. The summed E-state index contributed by atoms with van der Waals surface area (Å²) < 4.78 is 0.816. The molecule has 20 heavy (non-hydrogen) atoms. The molecule has 0 radical (unpaired) electrons. The summed E-state index contributed by atoms with van der Waals surface area (Å²) in [5, 5.41) is 4.79. The van der Waals surface area contributed by atoms with E-state index >= 15 is 0 Å². The summed E-state index contributed by atoms with van der Waals surface area (Å²) in [5.74, 6) is 0. The van der Waals surface area contributed by atoms with Crippen LogP contribution in [0.5, 0.6) is 0 Å². The van der Waals surface area contributed by atoms with Crippen LogP contribution in [0.3, 0.4) is 0 Å². The van der Waals surface area contributed by atoms with Gasteiger partial charge in [0, 0.05) is 17.0 Å². The lowest BCUT2D eigenvalue weighted by Crippen LogP contribution is -2.23. The molecule has 2 aromatic rings. The van der Waals surface area contributed by atoms with Gasteiger partial charge in [0.05, 0.1) is 14.4 Å². The number of benzene rings is 1. The van der Waals surface area contributed by atoms with Crippen molar-refractivity contribution >= 4 is 46.1 Å². The SMILES string of the molecule is CCC(NC(C)c1ccc(Cl)s1)c1ccc(Cl)c(Cl)c1. The van der Waals surface area contributed by atoms with Crippen LogP contribution < -0.4 is 5.32 Å². The number of halogens is 3.